The van der Waals surface area contributed by atoms with E-state index < -0.39 is 5.92 Å². The van der Waals surface area contributed by atoms with Crippen molar-refractivity contribution < 1.29 is 19.8 Å². The molecule has 2 aliphatic heterocycles. The van der Waals surface area contributed by atoms with Crippen LogP contribution in [0.25, 0.3) is 0 Å². The number of aliphatic hydroxyl groups is 1. The highest BCUT2D eigenvalue weighted by molar-refractivity contribution is 5.78. The molecule has 2 unspecified atom stereocenters. The van der Waals surface area contributed by atoms with E-state index in [1.807, 2.05) is 30.3 Å². The molecular weight excluding hydrogens is 270 g/mol. The second-order valence-electron chi connectivity index (χ2n) is 5.94. The fourth-order valence-electron chi connectivity index (χ4n) is 3.45. The van der Waals surface area contributed by atoms with Crippen molar-refractivity contribution in [1.29, 1.82) is 0 Å². The number of benzene rings is 1. The molecular formula is C16H21NO4. The number of hydrogen-bond donors (Lipinski definition) is 2. The van der Waals surface area contributed by atoms with Crippen molar-refractivity contribution in [3.63, 3.8) is 0 Å². The smallest absolute Gasteiger partial charge is 0.316 e. The molecule has 0 amide bonds. The van der Waals surface area contributed by atoms with Crippen molar-refractivity contribution in [3.8, 4) is 0 Å². The molecule has 0 spiro atoms. The average Bonchev–Trinajstić information content (AvgIpc) is 2.72. The second kappa shape index (κ2) is 6.13. The quantitative estimate of drug-likeness (QED) is 0.826. The highest BCUT2D eigenvalue weighted by atomic mass is 16.5. The molecule has 3 rings (SSSR count). The van der Waals surface area contributed by atoms with Crippen LogP contribution in [0.3, 0.4) is 0 Å². The molecule has 114 valence electrons. The molecule has 0 aliphatic carbocycles. The molecule has 2 aliphatic rings. The Morgan fingerprint density at radius 3 is 2.43 bits per heavy atom. The number of fused-ring (bicyclic) bond motifs is 2. The van der Waals surface area contributed by atoms with Crippen molar-refractivity contribution in [3.05, 3.63) is 35.9 Å². The summed E-state index contributed by atoms with van der Waals surface area (Å²) in [6.45, 7) is -0.255. The Hall–Kier alpha value is -1.43. The van der Waals surface area contributed by atoms with E-state index in [9.17, 15) is 15.1 Å². The minimum atomic E-state index is -0.629. The van der Waals surface area contributed by atoms with Crippen LogP contribution in [0.5, 0.6) is 0 Å². The third-order valence-corrected chi connectivity index (χ3v) is 4.60. The molecule has 2 bridgehead atoms. The van der Waals surface area contributed by atoms with Crippen LogP contribution in [-0.2, 0) is 9.53 Å². The van der Waals surface area contributed by atoms with E-state index in [4.69, 9.17) is 4.74 Å². The molecule has 4 atom stereocenters. The van der Waals surface area contributed by atoms with Crippen LogP contribution in [0.1, 0.15) is 37.2 Å². The van der Waals surface area contributed by atoms with Gasteiger partial charge in [0.1, 0.15) is 12.0 Å². The van der Waals surface area contributed by atoms with Crippen LogP contribution in [0.4, 0.5) is 0 Å². The fourth-order valence-corrected chi connectivity index (χ4v) is 3.45. The van der Waals surface area contributed by atoms with E-state index in [1.165, 1.54) is 5.06 Å². The number of nitrogens with zero attached hydrogens (tertiary/aromatic N) is 1. The summed E-state index contributed by atoms with van der Waals surface area (Å²) in [5.41, 5.74) is 0.771. The zero-order valence-corrected chi connectivity index (χ0v) is 11.9. The van der Waals surface area contributed by atoms with Gasteiger partial charge in [-0.25, -0.2) is 0 Å². The standard InChI is InChI=1S/C16H21NO4/c18-10-15(11-4-2-1-3-5-11)16(19)21-14-8-12-6-7-13(9-14)17(12)20/h1-5,12-15,18,20H,6-10H2/t12-,13+,14?,15?. The predicted octanol–water partition coefficient (Wildman–Crippen LogP) is 1.69. The van der Waals surface area contributed by atoms with Crippen molar-refractivity contribution >= 4 is 5.97 Å². The van der Waals surface area contributed by atoms with Gasteiger partial charge in [0, 0.05) is 24.9 Å². The Bertz CT molecular complexity index is 478. The Balaban J connectivity index is 1.63. The molecule has 0 radical (unpaired) electrons. The van der Waals surface area contributed by atoms with Gasteiger partial charge in [-0.15, -0.1) is 0 Å². The summed E-state index contributed by atoms with van der Waals surface area (Å²) in [4.78, 5) is 12.3. The van der Waals surface area contributed by atoms with Crippen LogP contribution in [-0.4, -0.2) is 46.1 Å². The Kier molecular flexibility index (Phi) is 4.24. The average molecular weight is 291 g/mol. The number of carbonyl (C=O) groups is 1. The monoisotopic (exact) mass is 291 g/mol. The lowest BCUT2D eigenvalue weighted by molar-refractivity contribution is -0.183. The van der Waals surface area contributed by atoms with Gasteiger partial charge in [0.2, 0.25) is 0 Å². The zero-order valence-electron chi connectivity index (χ0n) is 11.9. The topological polar surface area (TPSA) is 70.0 Å². The van der Waals surface area contributed by atoms with Gasteiger partial charge in [-0.1, -0.05) is 30.3 Å². The molecule has 2 heterocycles. The maximum Gasteiger partial charge on any atom is 0.316 e. The van der Waals surface area contributed by atoms with Gasteiger partial charge in [-0.05, 0) is 18.4 Å². The number of aliphatic hydroxyl groups excluding tert-OH is 1. The van der Waals surface area contributed by atoms with Crippen molar-refractivity contribution in [2.24, 2.45) is 0 Å². The lowest BCUT2D eigenvalue weighted by atomic mass is 9.99. The first-order valence-electron chi connectivity index (χ1n) is 7.52. The Morgan fingerprint density at radius 1 is 1.24 bits per heavy atom. The summed E-state index contributed by atoms with van der Waals surface area (Å²) in [6.07, 6.45) is 3.10. The molecule has 5 heteroatoms. The molecule has 21 heavy (non-hydrogen) atoms. The fraction of sp³-hybridized carbons (Fsp3) is 0.562. The number of piperidine rings is 1. The van der Waals surface area contributed by atoms with Gasteiger partial charge >= 0.3 is 5.97 Å². The Morgan fingerprint density at radius 2 is 1.86 bits per heavy atom. The number of ether oxygens (including phenoxy) is 1. The molecule has 2 N–H and O–H groups in total. The zero-order chi connectivity index (χ0) is 14.8. The van der Waals surface area contributed by atoms with Gasteiger partial charge in [0.15, 0.2) is 0 Å². The summed E-state index contributed by atoms with van der Waals surface area (Å²) < 4.78 is 5.59. The van der Waals surface area contributed by atoms with Crippen LogP contribution >= 0.6 is 0 Å². The number of carbonyl (C=O) groups excluding carboxylic acids is 1. The van der Waals surface area contributed by atoms with Crippen molar-refractivity contribution in [1.82, 2.24) is 5.06 Å². The third kappa shape index (κ3) is 2.95. The van der Waals surface area contributed by atoms with E-state index in [-0.39, 0.29) is 30.8 Å². The van der Waals surface area contributed by atoms with Crippen LogP contribution in [0.2, 0.25) is 0 Å². The van der Waals surface area contributed by atoms with E-state index in [2.05, 4.69) is 0 Å². The SMILES string of the molecule is O=C(OC1C[C@H]2CC[C@@H](C1)N2O)C(CO)c1ccccc1. The maximum atomic E-state index is 12.3. The molecule has 2 saturated heterocycles. The molecule has 5 nitrogen and oxygen atoms in total. The summed E-state index contributed by atoms with van der Waals surface area (Å²) in [6, 6.07) is 9.41. The lowest BCUT2D eigenvalue weighted by Crippen LogP contribution is -2.44. The highest BCUT2D eigenvalue weighted by Crippen LogP contribution is 2.35. The highest BCUT2D eigenvalue weighted by Gasteiger charge is 2.42. The number of esters is 1. The van der Waals surface area contributed by atoms with Gasteiger partial charge in [-0.2, -0.15) is 5.06 Å². The lowest BCUT2D eigenvalue weighted by Gasteiger charge is -2.34. The number of hydrogen-bond acceptors (Lipinski definition) is 5. The van der Waals surface area contributed by atoms with Gasteiger partial charge in [-0.3, -0.25) is 4.79 Å². The normalized spacial score (nSPS) is 30.1. The molecule has 1 aromatic rings. The van der Waals surface area contributed by atoms with E-state index in [1.54, 1.807) is 0 Å². The Labute approximate surface area is 124 Å². The third-order valence-electron chi connectivity index (χ3n) is 4.60. The summed E-state index contributed by atoms with van der Waals surface area (Å²) >= 11 is 0. The van der Waals surface area contributed by atoms with Crippen LogP contribution < -0.4 is 0 Å². The van der Waals surface area contributed by atoms with Gasteiger partial charge in [0.25, 0.3) is 0 Å². The predicted molar refractivity (Wildman–Crippen MR) is 75.8 cm³/mol. The molecule has 0 saturated carbocycles. The first kappa shape index (κ1) is 14.5. The van der Waals surface area contributed by atoms with Crippen LogP contribution in [0, 0.1) is 0 Å². The minimum Gasteiger partial charge on any atom is -0.462 e. The molecule has 0 aromatic heterocycles. The van der Waals surface area contributed by atoms with E-state index in [0.29, 0.717) is 12.8 Å². The van der Waals surface area contributed by atoms with Crippen LogP contribution in [0.15, 0.2) is 30.3 Å². The van der Waals surface area contributed by atoms with E-state index >= 15 is 0 Å². The van der Waals surface area contributed by atoms with Crippen molar-refractivity contribution in [2.45, 2.75) is 49.8 Å². The number of hydroxylamine groups is 2. The van der Waals surface area contributed by atoms with Gasteiger partial charge in [0.05, 0.1) is 6.61 Å². The summed E-state index contributed by atoms with van der Waals surface area (Å²) in [7, 11) is 0. The van der Waals surface area contributed by atoms with Gasteiger partial charge < -0.3 is 15.1 Å². The van der Waals surface area contributed by atoms with E-state index in [0.717, 1.165) is 18.4 Å². The summed E-state index contributed by atoms with van der Waals surface area (Å²) in [5.74, 6) is -1.00. The molecule has 1 aromatic carbocycles. The second-order valence-corrected chi connectivity index (χ2v) is 5.94. The summed E-state index contributed by atoms with van der Waals surface area (Å²) in [5, 5.41) is 20.8. The molecule has 2 fully saturated rings. The maximum absolute atomic E-state index is 12.3. The van der Waals surface area contributed by atoms with Crippen molar-refractivity contribution in [2.75, 3.05) is 6.61 Å². The first-order chi connectivity index (χ1) is 10.2. The minimum absolute atomic E-state index is 0.103. The number of rotatable bonds is 4. The first-order valence-corrected chi connectivity index (χ1v) is 7.52. The largest absolute Gasteiger partial charge is 0.462 e.